The summed E-state index contributed by atoms with van der Waals surface area (Å²) in [6, 6.07) is -0.130. The van der Waals surface area contributed by atoms with Crippen molar-refractivity contribution < 1.29 is 4.79 Å². The van der Waals surface area contributed by atoms with Crippen LogP contribution in [0.3, 0.4) is 0 Å². The molecule has 1 aromatic heterocycles. The first-order valence-electron chi connectivity index (χ1n) is 9.63. The van der Waals surface area contributed by atoms with Gasteiger partial charge in [-0.3, -0.25) is 4.79 Å². The fourth-order valence-corrected chi connectivity index (χ4v) is 3.77. The zero-order valence-electron chi connectivity index (χ0n) is 15.5. The summed E-state index contributed by atoms with van der Waals surface area (Å²) in [6.45, 7) is 2.22. The van der Waals surface area contributed by atoms with E-state index in [4.69, 9.17) is 0 Å². The van der Waals surface area contributed by atoms with Gasteiger partial charge < -0.3 is 0 Å². The molecular weight excluding hydrogens is 318 g/mol. The van der Waals surface area contributed by atoms with Crippen LogP contribution >= 0.6 is 0 Å². The number of hydrogen-bond acceptors (Lipinski definition) is 3. The van der Waals surface area contributed by atoms with E-state index in [1.54, 1.807) is 10.8 Å². The Balaban J connectivity index is 2.03. The van der Waals surface area contributed by atoms with Gasteiger partial charge in [-0.05, 0) is 25.3 Å². The molecule has 1 aliphatic heterocycles. The van der Waals surface area contributed by atoms with Crippen molar-refractivity contribution >= 4 is 6.29 Å². The maximum absolute atomic E-state index is 12.5. The lowest BCUT2D eigenvalue weighted by Gasteiger charge is -2.30. The predicted octanol–water partition coefficient (Wildman–Crippen LogP) is 3.12. The molecule has 0 aliphatic carbocycles. The average Bonchev–Trinajstić information content (AvgIpc) is 2.85. The van der Waals surface area contributed by atoms with Crippen LogP contribution in [0.2, 0.25) is 0 Å². The number of fused-ring (bicyclic) bond motifs is 1. The Bertz CT molecular complexity index is 696. The summed E-state index contributed by atoms with van der Waals surface area (Å²) in [5.74, 6) is 0. The number of unbranched alkanes of at least 4 members (excludes halogenated alkanes) is 6. The average molecular weight is 349 g/mol. The van der Waals surface area contributed by atoms with E-state index in [0.29, 0.717) is 6.29 Å². The molecule has 0 saturated heterocycles. The first kappa shape index (κ1) is 19.5. The molecule has 0 N–H and O–H groups in total. The zero-order chi connectivity index (χ0) is 18.2. The van der Waals surface area contributed by atoms with E-state index in [2.05, 4.69) is 6.92 Å². The number of aromatic nitrogens is 3. The lowest BCUT2D eigenvalue weighted by molar-refractivity contribution is -0.104. The van der Waals surface area contributed by atoms with Gasteiger partial charge in [0.1, 0.15) is 6.29 Å². The Morgan fingerprint density at radius 2 is 1.60 bits per heavy atom. The normalized spacial score (nSPS) is 20.1. The number of hydrogen-bond donors (Lipinski definition) is 0. The molecule has 6 nitrogen and oxygen atoms in total. The van der Waals surface area contributed by atoms with E-state index in [1.165, 1.54) is 60.9 Å². The van der Waals surface area contributed by atoms with Gasteiger partial charge in [-0.2, -0.15) is 0 Å². The van der Waals surface area contributed by atoms with E-state index >= 15 is 0 Å². The first-order valence-corrected chi connectivity index (χ1v) is 9.63. The second-order valence-corrected chi connectivity index (χ2v) is 7.04. The highest BCUT2D eigenvalue weighted by Gasteiger charge is 2.29. The highest BCUT2D eigenvalue weighted by molar-refractivity contribution is 5.64. The minimum absolute atomic E-state index is 0.0814. The molecule has 0 saturated carbocycles. The molecule has 2 atom stereocenters. The number of carbonyl (C=O) groups is 1. The van der Waals surface area contributed by atoms with Crippen LogP contribution in [0.4, 0.5) is 0 Å². The molecule has 0 spiro atoms. The maximum Gasteiger partial charge on any atom is 0.347 e. The van der Waals surface area contributed by atoms with Crippen LogP contribution in [-0.4, -0.2) is 20.2 Å². The molecule has 0 aromatic carbocycles. The van der Waals surface area contributed by atoms with Crippen LogP contribution in [0.5, 0.6) is 0 Å². The van der Waals surface area contributed by atoms with Crippen molar-refractivity contribution in [3.63, 3.8) is 0 Å². The van der Waals surface area contributed by atoms with Gasteiger partial charge in [0.05, 0.1) is 12.1 Å². The molecule has 1 aliphatic rings. The van der Waals surface area contributed by atoms with E-state index in [9.17, 15) is 14.4 Å². The van der Waals surface area contributed by atoms with Crippen molar-refractivity contribution in [2.24, 2.45) is 7.05 Å². The topological polar surface area (TPSA) is 66.0 Å². The monoisotopic (exact) mass is 349 g/mol. The van der Waals surface area contributed by atoms with Crippen molar-refractivity contribution in [1.82, 2.24) is 13.9 Å². The Hall–Kier alpha value is -1.85. The van der Waals surface area contributed by atoms with Gasteiger partial charge in [-0.25, -0.2) is 23.5 Å². The molecule has 25 heavy (non-hydrogen) atoms. The third-order valence-electron chi connectivity index (χ3n) is 5.21. The molecule has 140 valence electrons. The van der Waals surface area contributed by atoms with Gasteiger partial charge in [-0.1, -0.05) is 57.9 Å². The van der Waals surface area contributed by atoms with Crippen LogP contribution in [-0.2, 0) is 11.8 Å². The molecule has 0 amide bonds. The number of nitrogens with zero attached hydrogens (tertiary/aromatic N) is 3. The molecule has 2 heterocycles. The summed E-state index contributed by atoms with van der Waals surface area (Å²) in [5.41, 5.74) is -0.544. The van der Waals surface area contributed by atoms with Crippen LogP contribution in [0.25, 0.3) is 0 Å². The fourth-order valence-electron chi connectivity index (χ4n) is 3.77. The van der Waals surface area contributed by atoms with Crippen molar-refractivity contribution in [3.8, 4) is 0 Å². The van der Waals surface area contributed by atoms with Crippen LogP contribution in [0, 0.1) is 0 Å². The third kappa shape index (κ3) is 4.61. The standard InChI is InChI=1S/C19H31N3O3/c1-3-4-5-6-7-8-9-11-16-13-14-17(12-10-15-23)22-19(25)20(2)18(24)21(16)22/h10,12,15-17H,3-9,11,13-14H2,1-2H3/b12-10+. The van der Waals surface area contributed by atoms with Crippen molar-refractivity contribution in [3.05, 3.63) is 33.1 Å². The quantitative estimate of drug-likeness (QED) is 0.370. The number of allylic oxidation sites excluding steroid dienone is 2. The molecule has 0 fully saturated rings. The number of carbonyl (C=O) groups excluding carboxylic acids is 1. The molecule has 2 unspecified atom stereocenters. The largest absolute Gasteiger partial charge is 0.347 e. The van der Waals surface area contributed by atoms with E-state index in [0.717, 1.165) is 25.7 Å². The van der Waals surface area contributed by atoms with Gasteiger partial charge in [0, 0.05) is 7.05 Å². The van der Waals surface area contributed by atoms with Gasteiger partial charge in [0.15, 0.2) is 0 Å². The van der Waals surface area contributed by atoms with E-state index in [1.807, 2.05) is 0 Å². The van der Waals surface area contributed by atoms with Gasteiger partial charge in [-0.15, -0.1) is 0 Å². The smallest absolute Gasteiger partial charge is 0.299 e. The highest BCUT2D eigenvalue weighted by Crippen LogP contribution is 2.30. The summed E-state index contributed by atoms with van der Waals surface area (Å²) < 4.78 is 4.34. The summed E-state index contributed by atoms with van der Waals surface area (Å²) in [5, 5.41) is 0. The second kappa shape index (κ2) is 9.59. The molecule has 2 rings (SSSR count). The molecule has 6 heteroatoms. The Labute approximate surface area is 149 Å². The molecule has 1 aromatic rings. The fraction of sp³-hybridized carbons (Fsp3) is 0.737. The first-order chi connectivity index (χ1) is 12.1. The van der Waals surface area contributed by atoms with Crippen molar-refractivity contribution in [1.29, 1.82) is 0 Å². The Morgan fingerprint density at radius 3 is 2.28 bits per heavy atom. The number of aldehydes is 1. The van der Waals surface area contributed by atoms with Gasteiger partial charge in [0.2, 0.25) is 0 Å². The lowest BCUT2D eigenvalue weighted by Crippen LogP contribution is -2.37. The van der Waals surface area contributed by atoms with Crippen molar-refractivity contribution in [2.45, 2.75) is 83.2 Å². The van der Waals surface area contributed by atoms with Crippen LogP contribution < -0.4 is 11.4 Å². The molecular formula is C19H31N3O3. The van der Waals surface area contributed by atoms with E-state index < -0.39 is 0 Å². The van der Waals surface area contributed by atoms with Crippen LogP contribution in [0.1, 0.15) is 83.2 Å². The lowest BCUT2D eigenvalue weighted by atomic mass is 9.98. The maximum atomic E-state index is 12.5. The second-order valence-electron chi connectivity index (χ2n) is 7.04. The van der Waals surface area contributed by atoms with Crippen molar-refractivity contribution in [2.75, 3.05) is 0 Å². The third-order valence-corrected chi connectivity index (χ3v) is 5.21. The Morgan fingerprint density at radius 1 is 0.960 bits per heavy atom. The number of rotatable bonds is 10. The molecule has 0 bridgehead atoms. The summed E-state index contributed by atoms with van der Waals surface area (Å²) in [4.78, 5) is 35.5. The molecule has 0 radical (unpaired) electrons. The summed E-state index contributed by atoms with van der Waals surface area (Å²) >= 11 is 0. The summed E-state index contributed by atoms with van der Waals surface area (Å²) in [7, 11) is 1.52. The minimum atomic E-state index is -0.296. The minimum Gasteiger partial charge on any atom is -0.299 e. The van der Waals surface area contributed by atoms with Gasteiger partial charge >= 0.3 is 11.4 Å². The van der Waals surface area contributed by atoms with Crippen LogP contribution in [0.15, 0.2) is 21.7 Å². The SMILES string of the molecule is CCCCCCCCCC1CCC(/C=C/C=O)n2c(=O)n(C)c(=O)n21. The predicted molar refractivity (Wildman–Crippen MR) is 99.1 cm³/mol. The van der Waals surface area contributed by atoms with Gasteiger partial charge in [0.25, 0.3) is 0 Å². The van der Waals surface area contributed by atoms with E-state index in [-0.39, 0.29) is 23.5 Å². The highest BCUT2D eigenvalue weighted by atomic mass is 16.2. The Kier molecular flexibility index (Phi) is 7.47. The summed E-state index contributed by atoms with van der Waals surface area (Å²) in [6.07, 6.45) is 15.1. The zero-order valence-corrected chi connectivity index (χ0v) is 15.5.